The van der Waals surface area contributed by atoms with Crippen molar-refractivity contribution in [3.63, 3.8) is 0 Å². The summed E-state index contributed by atoms with van der Waals surface area (Å²) in [6, 6.07) is 6.16. The highest BCUT2D eigenvalue weighted by atomic mass is 19.4. The average molecular weight is 436 g/mol. The van der Waals surface area contributed by atoms with Gasteiger partial charge in [0, 0.05) is 31.9 Å². The molecule has 0 N–H and O–H groups in total. The van der Waals surface area contributed by atoms with Gasteiger partial charge in [0.25, 0.3) is 5.91 Å². The molecule has 31 heavy (non-hydrogen) atoms. The zero-order valence-corrected chi connectivity index (χ0v) is 17.9. The number of carbonyl (C=O) groups excluding carboxylic acids is 1. The summed E-state index contributed by atoms with van der Waals surface area (Å²) in [7, 11) is 1.95. The molecule has 2 aliphatic rings. The number of pyridine rings is 1. The Morgan fingerprint density at radius 2 is 1.81 bits per heavy atom. The van der Waals surface area contributed by atoms with Crippen molar-refractivity contribution in [3.05, 3.63) is 47.5 Å². The lowest BCUT2D eigenvalue weighted by Crippen LogP contribution is -2.56. The van der Waals surface area contributed by atoms with E-state index in [4.69, 9.17) is 4.74 Å². The summed E-state index contributed by atoms with van der Waals surface area (Å²) in [4.78, 5) is 21.0. The molecule has 1 amide bonds. The molecule has 0 aromatic carbocycles. The quantitative estimate of drug-likeness (QED) is 0.735. The Balaban J connectivity index is 1.51. The topological polar surface area (TPSA) is 50.6 Å². The Kier molecular flexibility index (Phi) is 5.49. The minimum Gasteiger partial charge on any atom is -0.489 e. The minimum atomic E-state index is -4.37. The number of fused-ring (bicyclic) bond motifs is 2. The van der Waals surface area contributed by atoms with Gasteiger partial charge in [-0.15, -0.1) is 0 Å². The van der Waals surface area contributed by atoms with Crippen molar-refractivity contribution < 1.29 is 22.7 Å². The summed E-state index contributed by atoms with van der Waals surface area (Å²) in [6.07, 6.45) is -1.66. The van der Waals surface area contributed by atoms with Crippen LogP contribution in [0.1, 0.15) is 48.6 Å². The van der Waals surface area contributed by atoms with Gasteiger partial charge in [-0.3, -0.25) is 9.69 Å². The van der Waals surface area contributed by atoms with Crippen LogP contribution in [0, 0.1) is 0 Å². The Labute approximate surface area is 179 Å². The molecule has 4 rings (SSSR count). The van der Waals surface area contributed by atoms with Crippen LogP contribution in [-0.2, 0) is 18.3 Å². The molecule has 1 fully saturated rings. The number of likely N-dealkylation sites (tertiary alicyclic amines) is 1. The Morgan fingerprint density at radius 1 is 1.10 bits per heavy atom. The maximum atomic E-state index is 13.4. The molecule has 0 aliphatic carbocycles. The molecule has 1 saturated heterocycles. The van der Waals surface area contributed by atoms with Gasteiger partial charge in [0.15, 0.2) is 0 Å². The predicted octanol–water partition coefficient (Wildman–Crippen LogP) is 3.77. The predicted molar refractivity (Wildman–Crippen MR) is 109 cm³/mol. The van der Waals surface area contributed by atoms with Crippen LogP contribution in [0.15, 0.2) is 30.5 Å². The van der Waals surface area contributed by atoms with Gasteiger partial charge in [0.2, 0.25) is 0 Å². The first-order chi connectivity index (χ1) is 14.6. The van der Waals surface area contributed by atoms with Crippen molar-refractivity contribution in [2.45, 2.75) is 51.1 Å². The highest BCUT2D eigenvalue weighted by Gasteiger charge is 2.47. The molecule has 0 atom stereocenters. The first-order valence-corrected chi connectivity index (χ1v) is 10.5. The van der Waals surface area contributed by atoms with Crippen molar-refractivity contribution in [1.29, 1.82) is 0 Å². The lowest BCUT2D eigenvalue weighted by atomic mass is 9.81. The van der Waals surface area contributed by atoms with E-state index >= 15 is 0 Å². The molecule has 0 unspecified atom stereocenters. The van der Waals surface area contributed by atoms with Crippen LogP contribution in [0.25, 0.3) is 0 Å². The van der Waals surface area contributed by atoms with E-state index in [1.165, 1.54) is 10.6 Å². The van der Waals surface area contributed by atoms with E-state index in [9.17, 15) is 18.0 Å². The molecule has 0 bridgehead atoms. The smallest absolute Gasteiger partial charge is 0.431 e. The third-order valence-electron chi connectivity index (χ3n) is 6.34. The highest BCUT2D eigenvalue weighted by Crippen LogP contribution is 2.44. The lowest BCUT2D eigenvalue weighted by molar-refractivity contribution is -0.144. The fourth-order valence-corrected chi connectivity index (χ4v) is 4.75. The Hall–Kier alpha value is -2.55. The van der Waals surface area contributed by atoms with E-state index in [1.54, 1.807) is 29.3 Å². The number of aromatic nitrogens is 2. The molecular weight excluding hydrogens is 409 g/mol. The number of hydrogen-bond donors (Lipinski definition) is 0. The average Bonchev–Trinajstić information content (AvgIpc) is 3.17. The summed E-state index contributed by atoms with van der Waals surface area (Å²) >= 11 is 0. The zero-order chi connectivity index (χ0) is 22.4. The number of carbonyl (C=O) groups is 1. The van der Waals surface area contributed by atoms with Gasteiger partial charge >= 0.3 is 6.18 Å². The third-order valence-corrected chi connectivity index (χ3v) is 6.34. The molecule has 6 nitrogen and oxygen atoms in total. The van der Waals surface area contributed by atoms with Gasteiger partial charge in [-0.05, 0) is 58.0 Å². The first kappa shape index (κ1) is 21.7. The van der Waals surface area contributed by atoms with Crippen LogP contribution < -0.4 is 4.74 Å². The van der Waals surface area contributed by atoms with E-state index in [2.05, 4.69) is 9.88 Å². The van der Waals surface area contributed by atoms with E-state index in [1.807, 2.05) is 20.9 Å². The summed E-state index contributed by atoms with van der Waals surface area (Å²) < 4.78 is 47.2. The second-order valence-corrected chi connectivity index (χ2v) is 8.54. The molecule has 4 heterocycles. The second kappa shape index (κ2) is 7.85. The van der Waals surface area contributed by atoms with Crippen LogP contribution in [0.3, 0.4) is 0 Å². The Bertz CT molecular complexity index is 945. The van der Waals surface area contributed by atoms with Gasteiger partial charge in [0.1, 0.15) is 17.1 Å². The number of ether oxygens (including phenoxy) is 1. The molecule has 2 aromatic heterocycles. The number of hydrogen-bond acceptors (Lipinski definition) is 4. The van der Waals surface area contributed by atoms with E-state index in [0.29, 0.717) is 56.2 Å². The van der Waals surface area contributed by atoms with Crippen molar-refractivity contribution >= 4 is 5.91 Å². The van der Waals surface area contributed by atoms with Crippen molar-refractivity contribution in [2.24, 2.45) is 0 Å². The number of alkyl halides is 3. The number of rotatable bonds is 3. The molecular formula is C22H27F3N4O2. The third kappa shape index (κ3) is 3.91. The minimum absolute atomic E-state index is 0.0194. The first-order valence-electron chi connectivity index (χ1n) is 10.5. The van der Waals surface area contributed by atoms with Crippen molar-refractivity contribution in [3.8, 4) is 5.75 Å². The number of likely N-dealkylation sites (N-methyl/N-ethyl adjacent to an activating group) is 1. The molecule has 0 saturated carbocycles. The van der Waals surface area contributed by atoms with Crippen LogP contribution in [0.2, 0.25) is 0 Å². The van der Waals surface area contributed by atoms with Crippen LogP contribution in [-0.4, -0.2) is 58.0 Å². The van der Waals surface area contributed by atoms with E-state index in [-0.39, 0.29) is 12.0 Å². The van der Waals surface area contributed by atoms with Gasteiger partial charge in [-0.2, -0.15) is 13.2 Å². The number of piperidine rings is 1. The van der Waals surface area contributed by atoms with Gasteiger partial charge in [-0.25, -0.2) is 4.98 Å². The Morgan fingerprint density at radius 3 is 2.39 bits per heavy atom. The van der Waals surface area contributed by atoms with Gasteiger partial charge < -0.3 is 14.2 Å². The van der Waals surface area contributed by atoms with Crippen LogP contribution in [0.4, 0.5) is 13.2 Å². The molecule has 0 radical (unpaired) electrons. The summed E-state index contributed by atoms with van der Waals surface area (Å²) in [5, 5.41) is 0. The summed E-state index contributed by atoms with van der Waals surface area (Å²) in [5.74, 6) is 0.435. The molecule has 2 aliphatic heterocycles. The number of halogens is 3. The lowest BCUT2D eigenvalue weighted by Gasteiger charge is -2.50. The fourth-order valence-electron chi connectivity index (χ4n) is 4.75. The molecule has 168 valence electrons. The molecule has 9 heteroatoms. The normalized spacial score (nSPS) is 19.0. The largest absolute Gasteiger partial charge is 0.489 e. The monoisotopic (exact) mass is 436 g/mol. The van der Waals surface area contributed by atoms with Gasteiger partial charge in [-0.1, -0.05) is 0 Å². The van der Waals surface area contributed by atoms with Crippen LogP contribution >= 0.6 is 0 Å². The zero-order valence-electron chi connectivity index (χ0n) is 17.9. The second-order valence-electron chi connectivity index (χ2n) is 8.54. The van der Waals surface area contributed by atoms with Crippen molar-refractivity contribution in [1.82, 2.24) is 19.4 Å². The van der Waals surface area contributed by atoms with Gasteiger partial charge in [0.05, 0.1) is 17.8 Å². The van der Waals surface area contributed by atoms with Crippen molar-refractivity contribution in [2.75, 3.05) is 26.7 Å². The maximum absolute atomic E-state index is 13.4. The fraction of sp³-hybridized carbons (Fsp3) is 0.545. The molecule has 2 aromatic rings. The SMILES string of the molecule is CC(C)Oc1ccc(C(=O)N2CCC3(CC2)c2ccc(C(F)(F)F)n2CCN3C)nc1. The summed E-state index contributed by atoms with van der Waals surface area (Å²) in [5.41, 5.74) is -0.0665. The van der Waals surface area contributed by atoms with E-state index in [0.717, 1.165) is 0 Å². The van der Waals surface area contributed by atoms with Crippen LogP contribution in [0.5, 0.6) is 5.75 Å². The highest BCUT2D eigenvalue weighted by molar-refractivity contribution is 5.92. The molecule has 1 spiro atoms. The maximum Gasteiger partial charge on any atom is 0.431 e. The van der Waals surface area contributed by atoms with E-state index < -0.39 is 17.4 Å². The summed E-state index contributed by atoms with van der Waals surface area (Å²) in [6.45, 7) is 5.60. The number of amides is 1. The number of nitrogens with zero attached hydrogens (tertiary/aromatic N) is 4. The standard InChI is InChI=1S/C22H27F3N4O2/c1-15(2)31-16-4-5-17(26-14-16)20(30)28-10-8-21(9-11-28)18-6-7-19(22(23,24)25)29(18)13-12-27(21)3/h4-7,14-15H,8-13H2,1-3H3.